The fourth-order valence-electron chi connectivity index (χ4n) is 1.66. The summed E-state index contributed by atoms with van der Waals surface area (Å²) in [7, 11) is -3.63. The third-order valence-electron chi connectivity index (χ3n) is 2.12. The van der Waals surface area contributed by atoms with Gasteiger partial charge < -0.3 is 13.3 Å². The summed E-state index contributed by atoms with van der Waals surface area (Å²) in [5.41, 5.74) is -0.632. The predicted octanol–water partition coefficient (Wildman–Crippen LogP) is 1.77. The van der Waals surface area contributed by atoms with E-state index >= 15 is 0 Å². The Kier molecular flexibility index (Phi) is 5.07. The van der Waals surface area contributed by atoms with Gasteiger partial charge in [-0.15, -0.1) is 0 Å². The molecule has 0 saturated carbocycles. The van der Waals surface area contributed by atoms with Crippen LogP contribution in [0.4, 0.5) is 0 Å². The van der Waals surface area contributed by atoms with Gasteiger partial charge in [-0.3, -0.25) is 9.59 Å². The van der Waals surface area contributed by atoms with E-state index in [0.29, 0.717) is 5.19 Å². The Morgan fingerprint density at radius 1 is 0.950 bits per heavy atom. The summed E-state index contributed by atoms with van der Waals surface area (Å²) in [6, 6.07) is 8.82. The number of benzene rings is 1. The van der Waals surface area contributed by atoms with Crippen molar-refractivity contribution in [3.8, 4) is 0 Å². The standard InChI is InChI=1S/C14H20O5Si/c1-11(15)17-20(18-12(2)16,19-14(3,4)5)13-9-7-6-8-10-13/h6-10H,1-5H3. The number of rotatable bonds is 4. The van der Waals surface area contributed by atoms with E-state index in [1.54, 1.807) is 24.3 Å². The van der Waals surface area contributed by atoms with Crippen LogP contribution in [0.25, 0.3) is 0 Å². The van der Waals surface area contributed by atoms with Gasteiger partial charge in [-0.25, -0.2) is 0 Å². The molecule has 0 bridgehead atoms. The van der Waals surface area contributed by atoms with E-state index in [0.717, 1.165) is 0 Å². The molecule has 1 aromatic rings. The molecule has 0 heterocycles. The monoisotopic (exact) mass is 296 g/mol. The van der Waals surface area contributed by atoms with Crippen molar-refractivity contribution in [3.05, 3.63) is 30.3 Å². The zero-order valence-corrected chi connectivity index (χ0v) is 13.4. The van der Waals surface area contributed by atoms with Crippen molar-refractivity contribution in [2.75, 3.05) is 0 Å². The van der Waals surface area contributed by atoms with Crippen molar-refractivity contribution >= 4 is 25.9 Å². The smallest absolute Gasteiger partial charge is 0.461 e. The lowest BCUT2D eigenvalue weighted by Gasteiger charge is -2.33. The summed E-state index contributed by atoms with van der Waals surface area (Å²) in [6.45, 7) is 7.96. The first-order chi connectivity index (χ1) is 9.15. The van der Waals surface area contributed by atoms with E-state index in [9.17, 15) is 9.59 Å². The SMILES string of the molecule is CC(=O)O[Si](OC(C)=O)(OC(C)(C)C)c1ccccc1. The largest absolute Gasteiger partial charge is 0.673 e. The van der Waals surface area contributed by atoms with Crippen molar-refractivity contribution in [1.29, 1.82) is 0 Å². The summed E-state index contributed by atoms with van der Waals surface area (Å²) in [4.78, 5) is 22.9. The summed E-state index contributed by atoms with van der Waals surface area (Å²) < 4.78 is 16.6. The van der Waals surface area contributed by atoms with E-state index < -0.39 is 26.3 Å². The summed E-state index contributed by atoms with van der Waals surface area (Å²) >= 11 is 0. The first-order valence-corrected chi connectivity index (χ1v) is 8.02. The highest BCUT2D eigenvalue weighted by Gasteiger charge is 2.53. The molecule has 20 heavy (non-hydrogen) atoms. The molecule has 0 atom stereocenters. The second-order valence-electron chi connectivity index (χ2n) is 5.32. The molecule has 5 nitrogen and oxygen atoms in total. The van der Waals surface area contributed by atoms with Gasteiger partial charge in [-0.05, 0) is 20.8 Å². The third kappa shape index (κ3) is 4.79. The Labute approximate surface area is 120 Å². The molecule has 0 N–H and O–H groups in total. The van der Waals surface area contributed by atoms with Crippen LogP contribution in [0.5, 0.6) is 0 Å². The van der Waals surface area contributed by atoms with Crippen molar-refractivity contribution in [2.45, 2.75) is 40.2 Å². The molecule has 0 aliphatic rings. The average molecular weight is 296 g/mol. The summed E-state index contributed by atoms with van der Waals surface area (Å²) in [5, 5.41) is 0.570. The molecule has 1 aromatic carbocycles. The molecule has 0 aromatic heterocycles. The van der Waals surface area contributed by atoms with Crippen LogP contribution in [-0.4, -0.2) is 26.3 Å². The summed E-state index contributed by atoms with van der Waals surface area (Å²) in [5.74, 6) is -1.10. The molecule has 0 saturated heterocycles. The van der Waals surface area contributed by atoms with Gasteiger partial charge in [0.25, 0.3) is 11.9 Å². The highest BCUT2D eigenvalue weighted by atomic mass is 28.4. The lowest BCUT2D eigenvalue weighted by molar-refractivity contribution is -0.144. The van der Waals surface area contributed by atoms with Crippen LogP contribution in [0.15, 0.2) is 30.3 Å². The Morgan fingerprint density at radius 2 is 1.40 bits per heavy atom. The molecule has 0 radical (unpaired) electrons. The molecule has 6 heteroatoms. The van der Waals surface area contributed by atoms with Crippen molar-refractivity contribution in [3.63, 3.8) is 0 Å². The molecule has 110 valence electrons. The van der Waals surface area contributed by atoms with Crippen LogP contribution >= 0.6 is 0 Å². The number of carbonyl (C=O) groups is 2. The maximum Gasteiger partial charge on any atom is 0.673 e. The van der Waals surface area contributed by atoms with Gasteiger partial charge in [0, 0.05) is 19.0 Å². The molecule has 0 amide bonds. The minimum atomic E-state index is -3.63. The molecule has 0 fully saturated rings. The predicted molar refractivity (Wildman–Crippen MR) is 76.2 cm³/mol. The van der Waals surface area contributed by atoms with Gasteiger partial charge >= 0.3 is 8.80 Å². The Hall–Kier alpha value is -1.66. The second-order valence-corrected chi connectivity index (χ2v) is 7.63. The second kappa shape index (κ2) is 6.19. The Morgan fingerprint density at radius 3 is 1.75 bits per heavy atom. The topological polar surface area (TPSA) is 61.8 Å². The van der Waals surface area contributed by atoms with Crippen LogP contribution in [-0.2, 0) is 22.9 Å². The van der Waals surface area contributed by atoms with Crippen LogP contribution in [0.3, 0.4) is 0 Å². The van der Waals surface area contributed by atoms with Gasteiger partial charge in [0.1, 0.15) is 0 Å². The van der Waals surface area contributed by atoms with Gasteiger partial charge in [0.15, 0.2) is 0 Å². The van der Waals surface area contributed by atoms with E-state index in [1.807, 2.05) is 26.8 Å². The number of hydrogen-bond acceptors (Lipinski definition) is 5. The zero-order valence-electron chi connectivity index (χ0n) is 12.4. The van der Waals surface area contributed by atoms with Gasteiger partial charge in [-0.1, -0.05) is 30.3 Å². The normalized spacial score (nSPS) is 11.8. The van der Waals surface area contributed by atoms with Crippen molar-refractivity contribution in [1.82, 2.24) is 0 Å². The van der Waals surface area contributed by atoms with Gasteiger partial charge in [-0.2, -0.15) is 0 Å². The van der Waals surface area contributed by atoms with E-state index in [2.05, 4.69) is 0 Å². The molecule has 0 unspecified atom stereocenters. The maximum atomic E-state index is 11.4. The lowest BCUT2D eigenvalue weighted by atomic mass is 10.2. The summed E-state index contributed by atoms with van der Waals surface area (Å²) in [6.07, 6.45) is 0. The first-order valence-electron chi connectivity index (χ1n) is 6.29. The molecular formula is C14H20O5Si. The molecule has 1 rings (SSSR count). The fraction of sp³-hybridized carbons (Fsp3) is 0.429. The minimum Gasteiger partial charge on any atom is -0.461 e. The third-order valence-corrected chi connectivity index (χ3v) is 5.16. The van der Waals surface area contributed by atoms with E-state index in [1.165, 1.54) is 13.8 Å². The van der Waals surface area contributed by atoms with E-state index in [4.69, 9.17) is 13.3 Å². The average Bonchev–Trinajstić information content (AvgIpc) is 2.25. The van der Waals surface area contributed by atoms with Gasteiger partial charge in [0.05, 0.1) is 5.60 Å². The molecule has 0 spiro atoms. The van der Waals surface area contributed by atoms with Crippen molar-refractivity contribution < 1.29 is 22.9 Å². The highest BCUT2D eigenvalue weighted by molar-refractivity contribution is 6.77. The minimum absolute atomic E-state index is 0.550. The first kappa shape index (κ1) is 16.4. The molecular weight excluding hydrogens is 276 g/mol. The maximum absolute atomic E-state index is 11.4. The quantitative estimate of drug-likeness (QED) is 0.793. The van der Waals surface area contributed by atoms with Crippen LogP contribution < -0.4 is 5.19 Å². The Bertz CT molecular complexity index is 462. The van der Waals surface area contributed by atoms with Crippen LogP contribution in [0.2, 0.25) is 0 Å². The Balaban J connectivity index is 3.32. The van der Waals surface area contributed by atoms with E-state index in [-0.39, 0.29) is 0 Å². The number of hydrogen-bond donors (Lipinski definition) is 0. The fourth-order valence-corrected chi connectivity index (χ4v) is 4.31. The van der Waals surface area contributed by atoms with Crippen molar-refractivity contribution in [2.24, 2.45) is 0 Å². The molecule has 0 aliphatic heterocycles. The van der Waals surface area contributed by atoms with Crippen LogP contribution in [0.1, 0.15) is 34.6 Å². The number of carbonyl (C=O) groups excluding carboxylic acids is 2. The highest BCUT2D eigenvalue weighted by Crippen LogP contribution is 2.20. The lowest BCUT2D eigenvalue weighted by Crippen LogP contribution is -2.61. The van der Waals surface area contributed by atoms with Gasteiger partial charge in [0.2, 0.25) is 0 Å². The zero-order chi connectivity index (χ0) is 15.4. The van der Waals surface area contributed by atoms with Crippen LogP contribution in [0, 0.1) is 0 Å². The molecule has 0 aliphatic carbocycles.